The SMILES string of the molecule is CCN(CC)CCN(C(=O)c1ccc(S(=O)(=O)N2CC(C)OC(C)C2)cc1)c1nc2ccc(SC)cc2s1. The van der Waals surface area contributed by atoms with Crippen molar-refractivity contribution < 1.29 is 17.9 Å². The average molecular weight is 577 g/mol. The van der Waals surface area contributed by atoms with E-state index in [2.05, 4.69) is 24.8 Å². The number of thiazole rings is 1. The first-order valence-electron chi connectivity index (χ1n) is 12.9. The van der Waals surface area contributed by atoms with Crippen LogP contribution in [0.15, 0.2) is 52.3 Å². The Morgan fingerprint density at radius 1 is 1.08 bits per heavy atom. The fourth-order valence-electron chi connectivity index (χ4n) is 4.60. The molecule has 3 aromatic rings. The Morgan fingerprint density at radius 3 is 2.34 bits per heavy atom. The molecule has 0 radical (unpaired) electrons. The third-order valence-electron chi connectivity index (χ3n) is 6.72. The molecule has 38 heavy (non-hydrogen) atoms. The second kappa shape index (κ2) is 12.4. The number of carbonyl (C=O) groups is 1. The standard InChI is InChI=1S/C27H36N4O4S3/c1-6-29(7-2)14-15-31(27-28-24-13-10-22(36-5)16-25(24)37-27)26(32)21-8-11-23(12-9-21)38(33,34)30-17-19(3)35-20(4)18-30/h8-13,16,19-20H,6-7,14-15,17-18H2,1-5H3. The van der Waals surface area contributed by atoms with E-state index in [1.165, 1.54) is 27.8 Å². The molecule has 1 saturated heterocycles. The topological polar surface area (TPSA) is 83.1 Å². The molecule has 0 saturated carbocycles. The molecule has 11 heteroatoms. The van der Waals surface area contributed by atoms with Gasteiger partial charge in [0.1, 0.15) is 0 Å². The summed E-state index contributed by atoms with van der Waals surface area (Å²) in [6.07, 6.45) is 1.69. The van der Waals surface area contributed by atoms with E-state index in [1.807, 2.05) is 32.2 Å². The highest BCUT2D eigenvalue weighted by Crippen LogP contribution is 2.32. The lowest BCUT2D eigenvalue weighted by molar-refractivity contribution is -0.0440. The quantitative estimate of drug-likeness (QED) is 0.321. The molecule has 8 nitrogen and oxygen atoms in total. The Bertz CT molecular complexity index is 1350. The second-order valence-corrected chi connectivity index (χ2v) is 13.2. The van der Waals surface area contributed by atoms with Crippen LogP contribution in [-0.4, -0.2) is 86.2 Å². The minimum atomic E-state index is -3.69. The summed E-state index contributed by atoms with van der Waals surface area (Å²) in [5.74, 6) is -0.195. The van der Waals surface area contributed by atoms with E-state index in [4.69, 9.17) is 9.72 Å². The molecule has 206 valence electrons. The van der Waals surface area contributed by atoms with Crippen molar-refractivity contribution in [1.29, 1.82) is 0 Å². The van der Waals surface area contributed by atoms with Gasteiger partial charge in [0, 0.05) is 36.6 Å². The molecule has 2 unspecified atom stereocenters. The molecule has 1 aliphatic rings. The maximum atomic E-state index is 13.8. The van der Waals surface area contributed by atoms with Gasteiger partial charge < -0.3 is 9.64 Å². The third-order valence-corrected chi connectivity index (χ3v) is 10.3. The molecule has 2 heterocycles. The van der Waals surface area contributed by atoms with Gasteiger partial charge in [0.05, 0.1) is 27.3 Å². The Balaban J connectivity index is 1.61. The van der Waals surface area contributed by atoms with Gasteiger partial charge in [0.25, 0.3) is 5.91 Å². The summed E-state index contributed by atoms with van der Waals surface area (Å²) in [6, 6.07) is 12.4. The van der Waals surface area contributed by atoms with Crippen molar-refractivity contribution in [2.45, 2.75) is 49.7 Å². The van der Waals surface area contributed by atoms with Crippen LogP contribution in [-0.2, 0) is 14.8 Å². The number of aromatic nitrogens is 1. The lowest BCUT2D eigenvalue weighted by Crippen LogP contribution is -2.48. The maximum absolute atomic E-state index is 13.8. The lowest BCUT2D eigenvalue weighted by atomic mass is 10.2. The predicted molar refractivity (Wildman–Crippen MR) is 156 cm³/mol. The van der Waals surface area contributed by atoms with Crippen LogP contribution < -0.4 is 4.90 Å². The maximum Gasteiger partial charge on any atom is 0.260 e. The Kier molecular flexibility index (Phi) is 9.49. The average Bonchev–Trinajstić information content (AvgIpc) is 3.33. The summed E-state index contributed by atoms with van der Waals surface area (Å²) in [6.45, 7) is 11.5. The third kappa shape index (κ3) is 6.40. The number of thioether (sulfide) groups is 1. The first-order chi connectivity index (χ1) is 18.2. The molecule has 1 aliphatic heterocycles. The predicted octanol–water partition coefficient (Wildman–Crippen LogP) is 4.80. The van der Waals surface area contributed by atoms with Crippen molar-refractivity contribution in [2.75, 3.05) is 50.4 Å². The molecule has 2 atom stereocenters. The molecular formula is C27H36N4O4S3. The zero-order valence-electron chi connectivity index (χ0n) is 22.6. The molecule has 0 N–H and O–H groups in total. The number of sulfonamides is 1. The van der Waals surface area contributed by atoms with Crippen molar-refractivity contribution in [2.24, 2.45) is 0 Å². The first kappa shape index (κ1) is 29.0. The number of hydrogen-bond donors (Lipinski definition) is 0. The smallest absolute Gasteiger partial charge is 0.260 e. The van der Waals surface area contributed by atoms with E-state index < -0.39 is 10.0 Å². The van der Waals surface area contributed by atoms with Crippen LogP contribution in [0, 0.1) is 0 Å². The van der Waals surface area contributed by atoms with Crippen molar-refractivity contribution in [3.05, 3.63) is 48.0 Å². The van der Waals surface area contributed by atoms with Gasteiger partial charge >= 0.3 is 0 Å². The normalized spacial score (nSPS) is 18.8. The van der Waals surface area contributed by atoms with Crippen LogP contribution in [0.5, 0.6) is 0 Å². The Labute approximate surface area is 234 Å². The highest BCUT2D eigenvalue weighted by atomic mass is 32.2. The summed E-state index contributed by atoms with van der Waals surface area (Å²) < 4.78 is 34.7. The number of anilines is 1. The van der Waals surface area contributed by atoms with E-state index in [-0.39, 0.29) is 23.0 Å². The molecule has 0 bridgehead atoms. The van der Waals surface area contributed by atoms with Crippen molar-refractivity contribution in [1.82, 2.24) is 14.2 Å². The Hall–Kier alpha value is -2.02. The highest BCUT2D eigenvalue weighted by Gasteiger charge is 2.32. The molecular weight excluding hydrogens is 541 g/mol. The van der Waals surface area contributed by atoms with Crippen LogP contribution in [0.4, 0.5) is 5.13 Å². The number of benzene rings is 2. The molecule has 0 aliphatic carbocycles. The lowest BCUT2D eigenvalue weighted by Gasteiger charge is -2.34. The molecule has 4 rings (SSSR count). The van der Waals surface area contributed by atoms with Crippen LogP contribution in [0.2, 0.25) is 0 Å². The van der Waals surface area contributed by atoms with Crippen LogP contribution >= 0.6 is 23.1 Å². The van der Waals surface area contributed by atoms with Gasteiger partial charge in [0.15, 0.2) is 5.13 Å². The summed E-state index contributed by atoms with van der Waals surface area (Å²) in [4.78, 5) is 23.9. The molecule has 2 aromatic carbocycles. The van der Waals surface area contributed by atoms with Gasteiger partial charge in [-0.2, -0.15) is 4.31 Å². The fraction of sp³-hybridized carbons (Fsp3) is 0.481. The molecule has 1 aromatic heterocycles. The van der Waals surface area contributed by atoms with Gasteiger partial charge in [0.2, 0.25) is 10.0 Å². The first-order valence-corrected chi connectivity index (χ1v) is 16.4. The minimum absolute atomic E-state index is 0.172. The van der Waals surface area contributed by atoms with Gasteiger partial charge in [-0.25, -0.2) is 13.4 Å². The minimum Gasteiger partial charge on any atom is -0.373 e. The number of hydrogen-bond acceptors (Lipinski definition) is 8. The summed E-state index contributed by atoms with van der Waals surface area (Å²) >= 11 is 3.17. The molecule has 1 amide bonds. The van der Waals surface area contributed by atoms with E-state index in [0.29, 0.717) is 36.9 Å². The van der Waals surface area contributed by atoms with Gasteiger partial charge in [-0.3, -0.25) is 9.69 Å². The molecule has 0 spiro atoms. The van der Waals surface area contributed by atoms with Gasteiger partial charge in [-0.1, -0.05) is 25.2 Å². The fourth-order valence-corrected chi connectivity index (χ4v) is 7.74. The monoisotopic (exact) mass is 576 g/mol. The number of ether oxygens (including phenoxy) is 1. The number of rotatable bonds is 10. The summed E-state index contributed by atoms with van der Waals surface area (Å²) in [7, 11) is -3.69. The number of carbonyl (C=O) groups excluding carboxylic acids is 1. The van der Waals surface area contributed by atoms with Crippen molar-refractivity contribution in [3.8, 4) is 0 Å². The number of morpholine rings is 1. The van der Waals surface area contributed by atoms with Gasteiger partial charge in [-0.15, -0.1) is 11.8 Å². The van der Waals surface area contributed by atoms with Crippen LogP contribution in [0.1, 0.15) is 38.1 Å². The zero-order valence-corrected chi connectivity index (χ0v) is 25.0. The van der Waals surface area contributed by atoms with E-state index in [1.54, 1.807) is 28.8 Å². The number of fused-ring (bicyclic) bond motifs is 1. The Morgan fingerprint density at radius 2 is 1.74 bits per heavy atom. The molecule has 1 fully saturated rings. The number of amides is 1. The van der Waals surface area contributed by atoms with E-state index >= 15 is 0 Å². The van der Waals surface area contributed by atoms with Crippen molar-refractivity contribution in [3.63, 3.8) is 0 Å². The largest absolute Gasteiger partial charge is 0.373 e. The highest BCUT2D eigenvalue weighted by molar-refractivity contribution is 7.98. The van der Waals surface area contributed by atoms with Crippen LogP contribution in [0.3, 0.4) is 0 Å². The second-order valence-electron chi connectivity index (χ2n) is 9.42. The van der Waals surface area contributed by atoms with E-state index in [9.17, 15) is 13.2 Å². The van der Waals surface area contributed by atoms with E-state index in [0.717, 1.165) is 28.2 Å². The number of nitrogens with zero attached hydrogens (tertiary/aromatic N) is 4. The zero-order chi connectivity index (χ0) is 27.4. The number of likely N-dealkylation sites (N-methyl/N-ethyl adjacent to an activating group) is 1. The summed E-state index contributed by atoms with van der Waals surface area (Å²) in [5.41, 5.74) is 1.29. The van der Waals surface area contributed by atoms with Crippen molar-refractivity contribution >= 4 is 54.4 Å². The summed E-state index contributed by atoms with van der Waals surface area (Å²) in [5, 5.41) is 0.642. The van der Waals surface area contributed by atoms with Crippen LogP contribution in [0.25, 0.3) is 10.2 Å². The van der Waals surface area contributed by atoms with Gasteiger partial charge in [-0.05, 0) is 75.7 Å².